The molecule has 3 heteroatoms. The average Bonchev–Trinajstić information content (AvgIpc) is 2.84. The first-order valence-corrected chi connectivity index (χ1v) is 13.0. The van der Waals surface area contributed by atoms with Gasteiger partial charge in [0.1, 0.15) is 0 Å². The van der Waals surface area contributed by atoms with Crippen molar-refractivity contribution in [1.29, 1.82) is 0 Å². The molecule has 0 saturated heterocycles. The predicted molar refractivity (Wildman–Crippen MR) is 128 cm³/mol. The van der Waals surface area contributed by atoms with E-state index < -0.39 is 17.4 Å². The molecule has 0 radical (unpaired) electrons. The highest BCUT2D eigenvalue weighted by Gasteiger charge is 2.34. The van der Waals surface area contributed by atoms with Crippen molar-refractivity contribution in [2.75, 3.05) is 0 Å². The summed E-state index contributed by atoms with van der Waals surface area (Å²) in [7, 11) is 0. The quantitative estimate of drug-likeness (QED) is 0.436. The molecule has 0 heterocycles. The van der Waals surface area contributed by atoms with Gasteiger partial charge in [0.25, 0.3) is 0 Å². The second-order valence-corrected chi connectivity index (χ2v) is 10.6. The Morgan fingerprint density at radius 1 is 0.844 bits per heavy atom. The zero-order chi connectivity index (χ0) is 22.5. The van der Waals surface area contributed by atoms with Gasteiger partial charge in [0, 0.05) is 5.56 Å². The van der Waals surface area contributed by atoms with Crippen molar-refractivity contribution >= 4 is 5.57 Å². The molecule has 32 heavy (non-hydrogen) atoms. The fourth-order valence-corrected chi connectivity index (χ4v) is 6.85. The average molecular weight is 443 g/mol. The summed E-state index contributed by atoms with van der Waals surface area (Å²) in [6.07, 6.45) is 23.4. The summed E-state index contributed by atoms with van der Waals surface area (Å²) >= 11 is 0. The van der Waals surface area contributed by atoms with Crippen molar-refractivity contribution in [3.8, 4) is 5.75 Å². The maximum absolute atomic E-state index is 14.2. The van der Waals surface area contributed by atoms with Gasteiger partial charge >= 0.3 is 0 Å². The molecule has 1 aromatic carbocycles. The Kier molecular flexibility index (Phi) is 8.07. The third-order valence-corrected chi connectivity index (χ3v) is 8.88. The van der Waals surface area contributed by atoms with Gasteiger partial charge in [-0.15, -0.1) is 0 Å². The van der Waals surface area contributed by atoms with Crippen molar-refractivity contribution in [3.63, 3.8) is 0 Å². The molecule has 3 aliphatic rings. The molecule has 1 unspecified atom stereocenters. The lowest BCUT2D eigenvalue weighted by molar-refractivity contribution is 0.121. The third-order valence-electron chi connectivity index (χ3n) is 8.88. The molecule has 0 spiro atoms. The summed E-state index contributed by atoms with van der Waals surface area (Å²) in [6, 6.07) is 2.78. The van der Waals surface area contributed by atoms with Crippen LogP contribution in [0.15, 0.2) is 30.4 Å². The lowest BCUT2D eigenvalue weighted by Gasteiger charge is -2.40. The predicted octanol–water partition coefficient (Wildman–Crippen LogP) is 8.82. The minimum absolute atomic E-state index is 0.323. The minimum atomic E-state index is -1.13. The maximum atomic E-state index is 14.2. The van der Waals surface area contributed by atoms with Crippen molar-refractivity contribution in [2.45, 2.75) is 90.4 Å². The van der Waals surface area contributed by atoms with Gasteiger partial charge in [-0.25, -0.2) is 4.39 Å². The van der Waals surface area contributed by atoms with E-state index >= 15 is 0 Å². The number of benzene rings is 1. The summed E-state index contributed by atoms with van der Waals surface area (Å²) in [5.41, 5.74) is 1.22. The standard InChI is InChI=1S/C29H40F2O/c1-2-3-4-5-20-6-8-21(9-7-20)22-10-12-23(13-11-22)24-14-16-25(17-15-24)26-18-19-27(32)29(31)28(26)30/h2-3,16,18-24,32H,4-15,17H2,1H3/b3-2+. The number of aromatic hydroxyl groups is 1. The molecule has 0 aliphatic heterocycles. The Balaban J connectivity index is 1.23. The molecule has 0 bridgehead atoms. The molecular weight excluding hydrogens is 402 g/mol. The molecule has 1 aromatic rings. The van der Waals surface area contributed by atoms with Crippen LogP contribution >= 0.6 is 0 Å². The highest BCUT2D eigenvalue weighted by molar-refractivity contribution is 5.67. The van der Waals surface area contributed by atoms with E-state index in [2.05, 4.69) is 25.2 Å². The van der Waals surface area contributed by atoms with Crippen LogP contribution in [0.4, 0.5) is 8.78 Å². The number of phenols is 1. The van der Waals surface area contributed by atoms with Crippen molar-refractivity contribution < 1.29 is 13.9 Å². The van der Waals surface area contributed by atoms with Gasteiger partial charge in [-0.2, -0.15) is 4.39 Å². The monoisotopic (exact) mass is 442 g/mol. The lowest BCUT2D eigenvalue weighted by Crippen LogP contribution is -2.28. The van der Waals surface area contributed by atoms with E-state index in [1.165, 1.54) is 76.3 Å². The third kappa shape index (κ3) is 5.46. The summed E-state index contributed by atoms with van der Waals surface area (Å²) in [5, 5.41) is 9.37. The van der Waals surface area contributed by atoms with Gasteiger partial charge in [-0.1, -0.05) is 31.1 Å². The van der Waals surface area contributed by atoms with E-state index in [9.17, 15) is 13.9 Å². The van der Waals surface area contributed by atoms with Crippen LogP contribution in [0.5, 0.6) is 5.75 Å². The molecule has 1 atom stereocenters. The van der Waals surface area contributed by atoms with E-state index in [1.807, 2.05) is 0 Å². The SMILES string of the molecule is C/C=C/CCC1CCC(C2CCC(C3CC=C(c4ccc(O)c(F)c4F)CC3)CC2)CC1. The fraction of sp³-hybridized carbons (Fsp3) is 0.655. The number of hydrogen-bond donors (Lipinski definition) is 1. The zero-order valence-electron chi connectivity index (χ0n) is 19.7. The van der Waals surface area contributed by atoms with Crippen LogP contribution in [-0.2, 0) is 0 Å². The summed E-state index contributed by atoms with van der Waals surface area (Å²) in [5.74, 6) is 1.68. The molecule has 2 saturated carbocycles. The number of rotatable bonds is 6. The van der Waals surface area contributed by atoms with Gasteiger partial charge in [-0.05, 0) is 125 Å². The zero-order valence-corrected chi connectivity index (χ0v) is 19.7. The molecular formula is C29H40F2O. The van der Waals surface area contributed by atoms with Crippen LogP contribution < -0.4 is 0 Å². The number of hydrogen-bond acceptors (Lipinski definition) is 1. The first-order valence-electron chi connectivity index (χ1n) is 13.0. The Bertz CT molecular complexity index is 811. The van der Waals surface area contributed by atoms with Crippen LogP contribution in [0, 0.1) is 41.2 Å². The smallest absolute Gasteiger partial charge is 0.200 e. The molecule has 1 nitrogen and oxygen atoms in total. The van der Waals surface area contributed by atoms with Crippen LogP contribution in [0.25, 0.3) is 5.57 Å². The summed E-state index contributed by atoms with van der Waals surface area (Å²) < 4.78 is 28.0. The molecule has 176 valence electrons. The van der Waals surface area contributed by atoms with Gasteiger partial charge in [0.15, 0.2) is 11.6 Å². The first-order chi connectivity index (χ1) is 15.6. The Morgan fingerprint density at radius 2 is 1.47 bits per heavy atom. The van der Waals surface area contributed by atoms with Crippen molar-refractivity contribution in [3.05, 3.63) is 47.6 Å². The fourth-order valence-electron chi connectivity index (χ4n) is 6.85. The highest BCUT2D eigenvalue weighted by atomic mass is 19.2. The Labute approximate surface area is 193 Å². The Morgan fingerprint density at radius 3 is 2.06 bits per heavy atom. The van der Waals surface area contributed by atoms with Crippen molar-refractivity contribution in [2.24, 2.45) is 29.6 Å². The van der Waals surface area contributed by atoms with Crippen LogP contribution in [0.1, 0.15) is 96.0 Å². The van der Waals surface area contributed by atoms with Gasteiger partial charge in [0.2, 0.25) is 5.82 Å². The first kappa shape index (κ1) is 23.5. The van der Waals surface area contributed by atoms with Gasteiger partial charge in [-0.3, -0.25) is 0 Å². The normalized spacial score (nSPS) is 31.6. The van der Waals surface area contributed by atoms with E-state index in [1.54, 1.807) is 0 Å². The molecule has 2 fully saturated rings. The second-order valence-electron chi connectivity index (χ2n) is 10.6. The number of allylic oxidation sites excluding steroid dienone is 4. The minimum Gasteiger partial charge on any atom is -0.505 e. The van der Waals surface area contributed by atoms with E-state index in [4.69, 9.17) is 0 Å². The molecule has 4 rings (SSSR count). The van der Waals surface area contributed by atoms with E-state index in [0.717, 1.165) is 48.5 Å². The molecule has 0 aromatic heterocycles. The van der Waals surface area contributed by atoms with Crippen LogP contribution in [0.2, 0.25) is 0 Å². The topological polar surface area (TPSA) is 20.2 Å². The van der Waals surface area contributed by atoms with E-state index in [0.29, 0.717) is 11.5 Å². The second kappa shape index (κ2) is 11.0. The van der Waals surface area contributed by atoms with Gasteiger partial charge in [0.05, 0.1) is 0 Å². The molecule has 3 aliphatic carbocycles. The number of phenolic OH excluding ortho intramolecular Hbond substituents is 1. The Hall–Kier alpha value is -1.64. The van der Waals surface area contributed by atoms with Gasteiger partial charge < -0.3 is 5.11 Å². The largest absolute Gasteiger partial charge is 0.505 e. The molecule has 1 N–H and O–H groups in total. The maximum Gasteiger partial charge on any atom is 0.200 e. The highest BCUT2D eigenvalue weighted by Crippen LogP contribution is 2.46. The summed E-state index contributed by atoms with van der Waals surface area (Å²) in [4.78, 5) is 0. The van der Waals surface area contributed by atoms with E-state index in [-0.39, 0.29) is 0 Å². The molecule has 0 amide bonds. The number of halogens is 2. The van der Waals surface area contributed by atoms with Crippen LogP contribution in [-0.4, -0.2) is 5.11 Å². The van der Waals surface area contributed by atoms with Crippen LogP contribution in [0.3, 0.4) is 0 Å². The summed E-state index contributed by atoms with van der Waals surface area (Å²) in [6.45, 7) is 2.12. The lowest BCUT2D eigenvalue weighted by atomic mass is 9.65. The van der Waals surface area contributed by atoms with Crippen molar-refractivity contribution in [1.82, 2.24) is 0 Å².